The van der Waals surface area contributed by atoms with Crippen molar-refractivity contribution in [2.75, 3.05) is 47.4 Å². The number of piperidine rings is 1. The molecule has 0 spiro atoms. The van der Waals surface area contributed by atoms with Crippen LogP contribution in [0, 0.1) is 11.8 Å². The van der Waals surface area contributed by atoms with Crippen LogP contribution in [0.1, 0.15) is 12.0 Å². The van der Waals surface area contributed by atoms with Gasteiger partial charge in [0.2, 0.25) is 0 Å². The quantitative estimate of drug-likeness (QED) is 0.832. The van der Waals surface area contributed by atoms with Crippen LogP contribution in [0.2, 0.25) is 0 Å². The summed E-state index contributed by atoms with van der Waals surface area (Å²) >= 11 is 0. The third-order valence-electron chi connectivity index (χ3n) is 5.00. The molecule has 0 N–H and O–H groups in total. The molecule has 122 valence electrons. The Kier molecular flexibility index (Phi) is 5.01. The fourth-order valence-corrected chi connectivity index (χ4v) is 3.78. The van der Waals surface area contributed by atoms with Crippen molar-refractivity contribution in [1.29, 1.82) is 0 Å². The van der Waals surface area contributed by atoms with E-state index >= 15 is 0 Å². The van der Waals surface area contributed by atoms with Crippen LogP contribution in [-0.4, -0.2) is 63.4 Å². The van der Waals surface area contributed by atoms with Crippen LogP contribution in [0.4, 0.5) is 0 Å². The number of ether oxygens (including phenoxy) is 2. The lowest BCUT2D eigenvalue weighted by Crippen LogP contribution is -2.44. The summed E-state index contributed by atoms with van der Waals surface area (Å²) in [5.74, 6) is 2.38. The zero-order valence-corrected chi connectivity index (χ0v) is 14.0. The second kappa shape index (κ2) is 6.99. The molecule has 2 fully saturated rings. The first-order chi connectivity index (χ1) is 10.7. The molecule has 0 saturated carbocycles. The summed E-state index contributed by atoms with van der Waals surface area (Å²) in [6.45, 7) is 5.37. The van der Waals surface area contributed by atoms with Gasteiger partial charge in [-0.05, 0) is 50.7 Å². The summed E-state index contributed by atoms with van der Waals surface area (Å²) in [6, 6.07) is 8.45. The van der Waals surface area contributed by atoms with E-state index in [1.807, 2.05) is 0 Å². The Bertz CT molecular complexity index is 474. The predicted molar refractivity (Wildman–Crippen MR) is 88.2 cm³/mol. The summed E-state index contributed by atoms with van der Waals surface area (Å²) in [7, 11) is 5.98. The van der Waals surface area contributed by atoms with Gasteiger partial charge in [0, 0.05) is 25.6 Å². The lowest BCUT2D eigenvalue weighted by molar-refractivity contribution is 0.0543. The number of benzene rings is 1. The van der Waals surface area contributed by atoms with Crippen molar-refractivity contribution in [2.45, 2.75) is 19.1 Å². The fraction of sp³-hybridized carbons (Fsp3) is 0.667. The molecule has 0 aromatic heterocycles. The second-order valence-corrected chi connectivity index (χ2v) is 6.93. The van der Waals surface area contributed by atoms with E-state index in [1.54, 1.807) is 7.11 Å². The molecule has 0 unspecified atom stereocenters. The number of hydrogen-bond acceptors (Lipinski definition) is 4. The van der Waals surface area contributed by atoms with Crippen molar-refractivity contribution < 1.29 is 9.47 Å². The first kappa shape index (κ1) is 15.8. The highest BCUT2D eigenvalue weighted by atomic mass is 16.5. The average Bonchev–Trinajstić information content (AvgIpc) is 2.90. The van der Waals surface area contributed by atoms with Gasteiger partial charge < -0.3 is 14.4 Å². The Balaban J connectivity index is 1.59. The van der Waals surface area contributed by atoms with E-state index in [-0.39, 0.29) is 0 Å². The molecule has 0 radical (unpaired) electrons. The van der Waals surface area contributed by atoms with E-state index in [0.717, 1.165) is 37.9 Å². The number of fused-ring (bicyclic) bond motifs is 1. The van der Waals surface area contributed by atoms with E-state index in [9.17, 15) is 0 Å². The molecule has 2 aliphatic rings. The van der Waals surface area contributed by atoms with Gasteiger partial charge in [-0.15, -0.1) is 0 Å². The molecule has 0 amide bonds. The van der Waals surface area contributed by atoms with Crippen molar-refractivity contribution in [2.24, 2.45) is 11.8 Å². The van der Waals surface area contributed by atoms with E-state index in [1.165, 1.54) is 18.5 Å². The topological polar surface area (TPSA) is 24.9 Å². The molecule has 2 heterocycles. The van der Waals surface area contributed by atoms with Crippen molar-refractivity contribution in [3.05, 3.63) is 29.8 Å². The molecule has 1 aromatic carbocycles. The van der Waals surface area contributed by atoms with Crippen LogP contribution in [-0.2, 0) is 11.3 Å². The molecular weight excluding hydrogens is 276 g/mol. The Morgan fingerprint density at radius 2 is 2.05 bits per heavy atom. The molecule has 0 bridgehead atoms. The molecule has 2 saturated heterocycles. The summed E-state index contributed by atoms with van der Waals surface area (Å²) in [6.07, 6.45) is 1.67. The summed E-state index contributed by atoms with van der Waals surface area (Å²) < 4.78 is 11.3. The molecule has 3 atom stereocenters. The molecule has 0 aliphatic carbocycles. The smallest absolute Gasteiger partial charge is 0.118 e. The normalized spacial score (nSPS) is 28.8. The van der Waals surface area contributed by atoms with Gasteiger partial charge >= 0.3 is 0 Å². The van der Waals surface area contributed by atoms with Crippen molar-refractivity contribution in [1.82, 2.24) is 9.80 Å². The second-order valence-electron chi connectivity index (χ2n) is 6.93. The molecule has 4 heteroatoms. The number of methoxy groups -OCH3 is 1. The highest BCUT2D eigenvalue weighted by Gasteiger charge is 2.40. The molecule has 1 aromatic rings. The number of likely N-dealkylation sites (tertiary alicyclic amines) is 1. The fourth-order valence-electron chi connectivity index (χ4n) is 3.78. The molecule has 4 nitrogen and oxygen atoms in total. The van der Waals surface area contributed by atoms with E-state index < -0.39 is 0 Å². The molecule has 22 heavy (non-hydrogen) atoms. The molecule has 2 aliphatic heterocycles. The zero-order valence-electron chi connectivity index (χ0n) is 14.0. The van der Waals surface area contributed by atoms with Crippen molar-refractivity contribution >= 4 is 0 Å². The average molecular weight is 304 g/mol. The predicted octanol–water partition coefficient (Wildman–Crippen LogP) is 2.09. The van der Waals surface area contributed by atoms with Gasteiger partial charge in [-0.25, -0.2) is 0 Å². The lowest BCUT2D eigenvalue weighted by atomic mass is 9.84. The number of likely N-dealkylation sites (N-methyl/N-ethyl adjacent to an activating group) is 1. The monoisotopic (exact) mass is 304 g/mol. The highest BCUT2D eigenvalue weighted by molar-refractivity contribution is 5.27. The first-order valence-electron chi connectivity index (χ1n) is 8.27. The standard InChI is InChI=1S/C18H28N2O2/c1-19(2)12-18-17-11-20(9-8-15(17)13-22-18)10-14-4-6-16(21-3)7-5-14/h4-7,15,17-18H,8-13H2,1-3H3/t15-,17-,18+/m0/s1. The number of nitrogens with zero attached hydrogens (tertiary/aromatic N) is 2. The molecular formula is C18H28N2O2. The van der Waals surface area contributed by atoms with Crippen LogP contribution < -0.4 is 4.74 Å². The first-order valence-corrected chi connectivity index (χ1v) is 8.27. The van der Waals surface area contributed by atoms with Crippen molar-refractivity contribution in [3.8, 4) is 5.75 Å². The van der Waals surface area contributed by atoms with E-state index in [0.29, 0.717) is 12.0 Å². The molecule has 3 rings (SSSR count). The van der Waals surface area contributed by atoms with E-state index in [2.05, 4.69) is 48.2 Å². The van der Waals surface area contributed by atoms with Crippen LogP contribution in [0.15, 0.2) is 24.3 Å². The van der Waals surface area contributed by atoms with Gasteiger partial charge in [-0.3, -0.25) is 4.90 Å². The largest absolute Gasteiger partial charge is 0.497 e. The Morgan fingerprint density at radius 1 is 1.27 bits per heavy atom. The van der Waals surface area contributed by atoms with Gasteiger partial charge in [0.25, 0.3) is 0 Å². The van der Waals surface area contributed by atoms with Crippen LogP contribution in [0.25, 0.3) is 0 Å². The maximum atomic E-state index is 6.05. The Labute approximate surface area is 134 Å². The minimum atomic E-state index is 0.402. The zero-order chi connectivity index (χ0) is 15.5. The Morgan fingerprint density at radius 3 is 2.73 bits per heavy atom. The minimum absolute atomic E-state index is 0.402. The number of rotatable bonds is 5. The maximum Gasteiger partial charge on any atom is 0.118 e. The SMILES string of the molecule is COc1ccc(CN2CC[C@H]3CO[C@H](CN(C)C)[C@H]3C2)cc1. The third-order valence-corrected chi connectivity index (χ3v) is 5.00. The van der Waals surface area contributed by atoms with Crippen LogP contribution in [0.3, 0.4) is 0 Å². The maximum absolute atomic E-state index is 6.05. The summed E-state index contributed by atoms with van der Waals surface area (Å²) in [4.78, 5) is 4.83. The van der Waals surface area contributed by atoms with Gasteiger partial charge in [-0.1, -0.05) is 12.1 Å². The van der Waals surface area contributed by atoms with Crippen LogP contribution in [0.5, 0.6) is 5.75 Å². The lowest BCUT2D eigenvalue weighted by Gasteiger charge is -2.36. The van der Waals surface area contributed by atoms with Gasteiger partial charge in [-0.2, -0.15) is 0 Å². The summed E-state index contributed by atoms with van der Waals surface area (Å²) in [5, 5.41) is 0. The summed E-state index contributed by atoms with van der Waals surface area (Å²) in [5.41, 5.74) is 1.36. The third kappa shape index (κ3) is 3.62. The highest BCUT2D eigenvalue weighted by Crippen LogP contribution is 2.34. The van der Waals surface area contributed by atoms with Gasteiger partial charge in [0.15, 0.2) is 0 Å². The Hall–Kier alpha value is -1.10. The van der Waals surface area contributed by atoms with Crippen LogP contribution >= 0.6 is 0 Å². The van der Waals surface area contributed by atoms with Gasteiger partial charge in [0.05, 0.1) is 19.8 Å². The minimum Gasteiger partial charge on any atom is -0.497 e. The van der Waals surface area contributed by atoms with Crippen molar-refractivity contribution in [3.63, 3.8) is 0 Å². The van der Waals surface area contributed by atoms with Gasteiger partial charge in [0.1, 0.15) is 5.75 Å². The number of hydrogen-bond donors (Lipinski definition) is 0. The van der Waals surface area contributed by atoms with E-state index in [4.69, 9.17) is 9.47 Å².